The molecule has 4 atom stereocenters. The zero-order valence-electron chi connectivity index (χ0n) is 15.6. The highest BCUT2D eigenvalue weighted by atomic mass is 16.5. The maximum absolute atomic E-state index is 12.8. The molecule has 1 N–H and O–H groups in total. The Morgan fingerprint density at radius 3 is 2.36 bits per heavy atom. The summed E-state index contributed by atoms with van der Waals surface area (Å²) >= 11 is 0. The van der Waals surface area contributed by atoms with Gasteiger partial charge in [0.25, 0.3) is 5.91 Å². The predicted octanol–water partition coefficient (Wildman–Crippen LogP) is 2.12. The van der Waals surface area contributed by atoms with Gasteiger partial charge in [-0.25, -0.2) is 4.79 Å². The summed E-state index contributed by atoms with van der Waals surface area (Å²) in [7, 11) is 0. The minimum absolute atomic E-state index is 0.146. The highest BCUT2D eigenvalue weighted by Crippen LogP contribution is 2.44. The minimum atomic E-state index is -0.648. The number of benzene rings is 2. The van der Waals surface area contributed by atoms with Gasteiger partial charge in [-0.05, 0) is 31.0 Å². The van der Waals surface area contributed by atoms with Crippen LogP contribution in [0.4, 0.5) is 0 Å². The van der Waals surface area contributed by atoms with Crippen LogP contribution in [0.1, 0.15) is 35.2 Å². The van der Waals surface area contributed by atoms with Crippen molar-refractivity contribution in [2.24, 2.45) is 0 Å². The molecule has 2 fully saturated rings. The normalized spacial score (nSPS) is 25.6. The number of hydrogen-bond donors (Lipinski definition) is 1. The minimum Gasteiger partial charge on any atom is -0.464 e. The molecule has 6 nitrogen and oxygen atoms in total. The van der Waals surface area contributed by atoms with E-state index >= 15 is 0 Å². The Hall–Kier alpha value is -3.15. The Bertz CT molecular complexity index is 884. The van der Waals surface area contributed by atoms with E-state index in [0.717, 1.165) is 5.56 Å². The van der Waals surface area contributed by atoms with Gasteiger partial charge in [0, 0.05) is 11.5 Å². The summed E-state index contributed by atoms with van der Waals surface area (Å²) in [6.07, 6.45) is 0.610. The summed E-state index contributed by atoms with van der Waals surface area (Å²) in [4.78, 5) is 39.5. The summed E-state index contributed by atoms with van der Waals surface area (Å²) < 4.78 is 5.24. The van der Waals surface area contributed by atoms with E-state index in [1.807, 2.05) is 36.4 Å². The fraction of sp³-hybridized carbons (Fsp3) is 0.318. The van der Waals surface area contributed by atoms with Crippen molar-refractivity contribution in [3.8, 4) is 0 Å². The first-order valence-corrected chi connectivity index (χ1v) is 9.51. The fourth-order valence-electron chi connectivity index (χ4n) is 4.24. The maximum atomic E-state index is 12.8. The van der Waals surface area contributed by atoms with E-state index in [1.54, 1.807) is 36.1 Å². The molecule has 0 saturated carbocycles. The van der Waals surface area contributed by atoms with Gasteiger partial charge in [0.05, 0.1) is 12.6 Å². The molecule has 2 aromatic carbocycles. The number of β-lactam (4-membered cyclic amide) rings is 1. The van der Waals surface area contributed by atoms with Gasteiger partial charge in [-0.1, -0.05) is 48.5 Å². The molecule has 144 valence electrons. The van der Waals surface area contributed by atoms with Gasteiger partial charge in [-0.2, -0.15) is 0 Å². The first kappa shape index (κ1) is 18.2. The number of amides is 2. The molecule has 0 radical (unpaired) electrons. The monoisotopic (exact) mass is 378 g/mol. The van der Waals surface area contributed by atoms with Crippen LogP contribution in [0.25, 0.3) is 0 Å². The molecule has 6 heteroatoms. The van der Waals surface area contributed by atoms with Crippen molar-refractivity contribution in [3.63, 3.8) is 0 Å². The second-order valence-electron chi connectivity index (χ2n) is 7.08. The molecule has 4 unspecified atom stereocenters. The van der Waals surface area contributed by atoms with Crippen molar-refractivity contribution in [2.45, 2.75) is 37.4 Å². The van der Waals surface area contributed by atoms with Crippen LogP contribution in [0, 0.1) is 0 Å². The molecule has 0 spiro atoms. The molecule has 28 heavy (non-hydrogen) atoms. The van der Waals surface area contributed by atoms with Crippen molar-refractivity contribution in [1.82, 2.24) is 10.2 Å². The molecule has 2 heterocycles. The third kappa shape index (κ3) is 3.05. The summed E-state index contributed by atoms with van der Waals surface area (Å²) in [5, 5.41) is 2.84. The molecule has 0 bridgehead atoms. The van der Waals surface area contributed by atoms with Gasteiger partial charge in [0.2, 0.25) is 5.91 Å². The van der Waals surface area contributed by atoms with Gasteiger partial charge in [-0.15, -0.1) is 0 Å². The van der Waals surface area contributed by atoms with Crippen molar-refractivity contribution < 1.29 is 19.1 Å². The van der Waals surface area contributed by atoms with Crippen LogP contribution in [-0.4, -0.2) is 47.4 Å². The average Bonchev–Trinajstić information content (AvgIpc) is 3.09. The lowest BCUT2D eigenvalue weighted by atomic mass is 9.89. The van der Waals surface area contributed by atoms with E-state index in [9.17, 15) is 14.4 Å². The Balaban J connectivity index is 1.56. The number of nitrogens with one attached hydrogen (secondary N) is 1. The van der Waals surface area contributed by atoms with Crippen LogP contribution < -0.4 is 5.32 Å². The standard InChI is InChI=1S/C22H22N2O4/c1-2-28-22(27)19-16(14-9-5-3-6-10-14)13-17-18(21(26)24(17)19)23-20(25)15-11-7-4-8-12-15/h3-12,16-19H,2,13H2,1H3,(H,23,25). The van der Waals surface area contributed by atoms with Gasteiger partial charge < -0.3 is 15.0 Å². The highest BCUT2D eigenvalue weighted by Gasteiger charge is 2.60. The number of nitrogens with zero attached hydrogens (tertiary/aromatic N) is 1. The molecule has 2 aliphatic rings. The average molecular weight is 378 g/mol. The largest absolute Gasteiger partial charge is 0.464 e. The zero-order chi connectivity index (χ0) is 19.7. The van der Waals surface area contributed by atoms with E-state index in [2.05, 4.69) is 5.32 Å². The van der Waals surface area contributed by atoms with Crippen LogP contribution >= 0.6 is 0 Å². The zero-order valence-corrected chi connectivity index (χ0v) is 15.6. The first-order chi connectivity index (χ1) is 13.6. The number of carbonyl (C=O) groups is 3. The quantitative estimate of drug-likeness (QED) is 0.639. The SMILES string of the molecule is CCOC(=O)C1C(c2ccccc2)CC2C(NC(=O)c3ccccc3)C(=O)N21. The molecule has 0 aliphatic carbocycles. The molecular formula is C22H22N2O4. The highest BCUT2D eigenvalue weighted by molar-refractivity contribution is 6.01. The number of carbonyl (C=O) groups excluding carboxylic acids is 3. The van der Waals surface area contributed by atoms with Crippen LogP contribution in [0.5, 0.6) is 0 Å². The molecular weight excluding hydrogens is 356 g/mol. The Morgan fingerprint density at radius 1 is 1.07 bits per heavy atom. The van der Waals surface area contributed by atoms with Gasteiger partial charge in [0.15, 0.2) is 0 Å². The van der Waals surface area contributed by atoms with Crippen LogP contribution in [-0.2, 0) is 14.3 Å². The second-order valence-corrected chi connectivity index (χ2v) is 7.08. The molecule has 4 rings (SSSR count). The third-order valence-corrected chi connectivity index (χ3v) is 5.52. The fourth-order valence-corrected chi connectivity index (χ4v) is 4.24. The lowest BCUT2D eigenvalue weighted by Gasteiger charge is -2.44. The number of esters is 1. The number of rotatable bonds is 5. The van der Waals surface area contributed by atoms with Crippen LogP contribution in [0.15, 0.2) is 60.7 Å². The van der Waals surface area contributed by atoms with Gasteiger partial charge in [0.1, 0.15) is 12.1 Å². The van der Waals surface area contributed by atoms with E-state index in [1.165, 1.54) is 0 Å². The Labute approximate surface area is 163 Å². The van der Waals surface area contributed by atoms with E-state index in [4.69, 9.17) is 4.74 Å². The number of fused-ring (bicyclic) bond motifs is 1. The molecule has 0 aromatic heterocycles. The second kappa shape index (κ2) is 7.46. The lowest BCUT2D eigenvalue weighted by Crippen LogP contribution is -2.70. The summed E-state index contributed by atoms with van der Waals surface area (Å²) in [6, 6.07) is 17.0. The van der Waals surface area contributed by atoms with Crippen LogP contribution in [0.2, 0.25) is 0 Å². The molecule has 2 saturated heterocycles. The third-order valence-electron chi connectivity index (χ3n) is 5.52. The summed E-state index contributed by atoms with van der Waals surface area (Å²) in [5.41, 5.74) is 1.50. The number of hydrogen-bond acceptors (Lipinski definition) is 4. The summed E-state index contributed by atoms with van der Waals surface area (Å²) in [5.74, 6) is -1.05. The molecule has 2 aromatic rings. The van der Waals surface area contributed by atoms with Crippen molar-refractivity contribution >= 4 is 17.8 Å². The Morgan fingerprint density at radius 2 is 1.71 bits per heavy atom. The molecule has 2 aliphatic heterocycles. The first-order valence-electron chi connectivity index (χ1n) is 9.51. The van der Waals surface area contributed by atoms with Crippen molar-refractivity contribution in [2.75, 3.05) is 6.61 Å². The molecule has 2 amide bonds. The van der Waals surface area contributed by atoms with Gasteiger partial charge >= 0.3 is 5.97 Å². The Kier molecular flexibility index (Phi) is 4.86. The maximum Gasteiger partial charge on any atom is 0.329 e. The van der Waals surface area contributed by atoms with E-state index in [-0.39, 0.29) is 36.4 Å². The summed E-state index contributed by atoms with van der Waals surface area (Å²) in [6.45, 7) is 2.01. The van der Waals surface area contributed by atoms with Crippen molar-refractivity contribution in [1.29, 1.82) is 0 Å². The number of ether oxygens (including phenoxy) is 1. The smallest absolute Gasteiger partial charge is 0.329 e. The van der Waals surface area contributed by atoms with Crippen molar-refractivity contribution in [3.05, 3.63) is 71.8 Å². The van der Waals surface area contributed by atoms with E-state index in [0.29, 0.717) is 12.0 Å². The van der Waals surface area contributed by atoms with Gasteiger partial charge in [-0.3, -0.25) is 9.59 Å². The lowest BCUT2D eigenvalue weighted by molar-refractivity contribution is -0.163. The topological polar surface area (TPSA) is 75.7 Å². The predicted molar refractivity (Wildman–Crippen MR) is 103 cm³/mol. The van der Waals surface area contributed by atoms with E-state index < -0.39 is 12.1 Å². The van der Waals surface area contributed by atoms with Crippen LogP contribution in [0.3, 0.4) is 0 Å².